The van der Waals surface area contributed by atoms with E-state index in [9.17, 15) is 13.5 Å². The zero-order valence-corrected chi connectivity index (χ0v) is 10.5. The molecular weight excluding hydrogens is 254 g/mol. The van der Waals surface area contributed by atoms with E-state index in [4.69, 9.17) is 0 Å². The van der Waals surface area contributed by atoms with Gasteiger partial charge in [-0.3, -0.25) is 0 Å². The molecule has 0 aliphatic carbocycles. The Bertz CT molecular complexity index is 693. The molecule has 2 aromatic heterocycles. The van der Waals surface area contributed by atoms with Crippen LogP contribution in [0.2, 0.25) is 0 Å². The first-order valence-electron chi connectivity index (χ1n) is 5.84. The van der Waals surface area contributed by atoms with E-state index >= 15 is 0 Å². The highest BCUT2D eigenvalue weighted by molar-refractivity contribution is 7.91. The van der Waals surface area contributed by atoms with Crippen LogP contribution in [0, 0.1) is 0 Å². The van der Waals surface area contributed by atoms with Crippen molar-refractivity contribution >= 4 is 15.5 Å². The minimum atomic E-state index is -3.16. The molecule has 0 bridgehead atoms. The monoisotopic (exact) mass is 267 g/mol. The van der Waals surface area contributed by atoms with Gasteiger partial charge in [-0.25, -0.2) is 17.9 Å². The first-order valence-corrected chi connectivity index (χ1v) is 7.55. The van der Waals surface area contributed by atoms with Crippen molar-refractivity contribution in [1.29, 1.82) is 0 Å². The average Bonchev–Trinajstić information content (AvgIpc) is 2.73. The summed E-state index contributed by atoms with van der Waals surface area (Å²) < 4.78 is 25.4. The molecule has 2 aromatic rings. The zero-order valence-electron chi connectivity index (χ0n) is 9.65. The van der Waals surface area contributed by atoms with Crippen molar-refractivity contribution in [3.63, 3.8) is 0 Å². The number of aromatic nitrogens is 3. The molecule has 0 saturated carbocycles. The zero-order chi connectivity index (χ0) is 12.8. The molecule has 0 aromatic carbocycles. The lowest BCUT2D eigenvalue weighted by atomic mass is 10.2. The normalized spacial score (nSPS) is 23.2. The van der Waals surface area contributed by atoms with Gasteiger partial charge < -0.3 is 5.11 Å². The van der Waals surface area contributed by atoms with Crippen LogP contribution in [0.4, 0.5) is 0 Å². The van der Waals surface area contributed by atoms with Gasteiger partial charge in [0, 0.05) is 6.20 Å². The third-order valence-electron chi connectivity index (χ3n) is 3.22. The maximum absolute atomic E-state index is 12.0. The minimum Gasteiger partial charge on any atom is -0.504 e. The lowest BCUT2D eigenvalue weighted by Gasteiger charge is -2.19. The lowest BCUT2D eigenvalue weighted by Crippen LogP contribution is -2.22. The van der Waals surface area contributed by atoms with Gasteiger partial charge in [-0.15, -0.1) is 5.10 Å². The molecule has 7 heteroatoms. The van der Waals surface area contributed by atoms with Gasteiger partial charge in [0.05, 0.1) is 5.75 Å². The molecule has 1 fully saturated rings. The highest BCUT2D eigenvalue weighted by Gasteiger charge is 2.33. The largest absolute Gasteiger partial charge is 0.504 e. The van der Waals surface area contributed by atoms with Crippen LogP contribution in [0.25, 0.3) is 5.65 Å². The molecule has 18 heavy (non-hydrogen) atoms. The van der Waals surface area contributed by atoms with E-state index < -0.39 is 15.1 Å². The summed E-state index contributed by atoms with van der Waals surface area (Å²) in [5.74, 6) is 0.486. The van der Waals surface area contributed by atoms with E-state index in [1.807, 2.05) is 0 Å². The summed E-state index contributed by atoms with van der Waals surface area (Å²) >= 11 is 0. The van der Waals surface area contributed by atoms with E-state index in [0.717, 1.165) is 6.42 Å². The lowest BCUT2D eigenvalue weighted by molar-refractivity contribution is 0.477. The van der Waals surface area contributed by atoms with Crippen LogP contribution in [-0.2, 0) is 9.84 Å². The summed E-state index contributed by atoms with van der Waals surface area (Å²) in [4.78, 5) is 4.15. The van der Waals surface area contributed by atoms with Crippen LogP contribution in [0.15, 0.2) is 18.3 Å². The topological polar surface area (TPSA) is 84.6 Å². The third kappa shape index (κ3) is 1.74. The average molecular weight is 267 g/mol. The SMILES string of the molecule is O=S1(=O)CCCCC1c1nc2c(O)cccn2n1. The fourth-order valence-corrected chi connectivity index (χ4v) is 4.13. The van der Waals surface area contributed by atoms with Crippen molar-refractivity contribution in [1.82, 2.24) is 14.6 Å². The van der Waals surface area contributed by atoms with Crippen molar-refractivity contribution in [2.75, 3.05) is 5.75 Å². The van der Waals surface area contributed by atoms with Crippen LogP contribution < -0.4 is 0 Å². The Morgan fingerprint density at radius 2 is 2.22 bits per heavy atom. The Morgan fingerprint density at radius 3 is 2.94 bits per heavy atom. The molecule has 3 heterocycles. The fourth-order valence-electron chi connectivity index (χ4n) is 2.29. The van der Waals surface area contributed by atoms with Gasteiger partial charge in [0.25, 0.3) is 0 Å². The number of aromatic hydroxyl groups is 1. The highest BCUT2D eigenvalue weighted by Crippen LogP contribution is 2.32. The second kappa shape index (κ2) is 3.94. The number of fused-ring (bicyclic) bond motifs is 1. The van der Waals surface area contributed by atoms with Gasteiger partial charge in [-0.05, 0) is 25.0 Å². The number of nitrogens with zero attached hydrogens (tertiary/aromatic N) is 3. The van der Waals surface area contributed by atoms with Crippen molar-refractivity contribution in [3.05, 3.63) is 24.2 Å². The summed E-state index contributed by atoms with van der Waals surface area (Å²) in [6.45, 7) is 0. The Morgan fingerprint density at radius 1 is 1.39 bits per heavy atom. The molecular formula is C11H13N3O3S. The molecule has 6 nitrogen and oxygen atoms in total. The van der Waals surface area contributed by atoms with Gasteiger partial charge in [0.2, 0.25) is 0 Å². The number of sulfone groups is 1. The molecule has 1 atom stereocenters. The first kappa shape index (κ1) is 11.5. The van der Waals surface area contributed by atoms with Gasteiger partial charge >= 0.3 is 0 Å². The van der Waals surface area contributed by atoms with Crippen LogP contribution in [-0.4, -0.2) is 33.9 Å². The van der Waals surface area contributed by atoms with Crippen molar-refractivity contribution in [2.24, 2.45) is 0 Å². The summed E-state index contributed by atoms with van der Waals surface area (Å²) in [5.41, 5.74) is 0.299. The standard InChI is InChI=1S/C11H13N3O3S/c15-8-4-3-6-14-11(8)12-10(13-14)9-5-1-2-7-18(9,16)17/h3-4,6,9,15H,1-2,5,7H2. The predicted octanol–water partition coefficient (Wildman–Crippen LogP) is 1.07. The van der Waals surface area contributed by atoms with Crippen molar-refractivity contribution in [2.45, 2.75) is 24.5 Å². The Balaban J connectivity index is 2.12. The molecule has 0 amide bonds. The molecule has 1 unspecified atom stereocenters. The molecule has 1 saturated heterocycles. The number of rotatable bonds is 1. The quantitative estimate of drug-likeness (QED) is 0.835. The molecule has 1 aliphatic heterocycles. The summed E-state index contributed by atoms with van der Waals surface area (Å²) in [6, 6.07) is 3.14. The molecule has 1 N–H and O–H groups in total. The summed E-state index contributed by atoms with van der Waals surface area (Å²) in [6.07, 6.45) is 3.77. The van der Waals surface area contributed by atoms with Crippen molar-refractivity contribution in [3.8, 4) is 5.75 Å². The van der Waals surface area contributed by atoms with Crippen LogP contribution in [0.1, 0.15) is 30.3 Å². The van der Waals surface area contributed by atoms with E-state index in [1.165, 1.54) is 10.6 Å². The summed E-state index contributed by atoms with van der Waals surface area (Å²) in [5, 5.41) is 13.2. The Hall–Kier alpha value is -1.63. The van der Waals surface area contributed by atoms with Crippen LogP contribution in [0.3, 0.4) is 0 Å². The minimum absolute atomic E-state index is 0.00413. The van der Waals surface area contributed by atoms with E-state index in [1.54, 1.807) is 12.3 Å². The molecule has 0 radical (unpaired) electrons. The molecule has 1 aliphatic rings. The molecule has 3 rings (SSSR count). The Kier molecular flexibility index (Phi) is 2.51. The highest BCUT2D eigenvalue weighted by atomic mass is 32.2. The second-order valence-electron chi connectivity index (χ2n) is 4.48. The maximum Gasteiger partial charge on any atom is 0.197 e. The summed E-state index contributed by atoms with van der Waals surface area (Å²) in [7, 11) is -3.16. The smallest absolute Gasteiger partial charge is 0.197 e. The fraction of sp³-hybridized carbons (Fsp3) is 0.455. The predicted molar refractivity (Wildman–Crippen MR) is 65.0 cm³/mol. The molecule has 96 valence electrons. The van der Waals surface area contributed by atoms with Crippen LogP contribution in [0.5, 0.6) is 5.75 Å². The first-order chi connectivity index (χ1) is 8.58. The maximum atomic E-state index is 12.0. The van der Waals surface area contributed by atoms with Gasteiger partial charge in [0.15, 0.2) is 27.1 Å². The molecule has 0 spiro atoms. The Labute approximate surface area is 104 Å². The van der Waals surface area contributed by atoms with Gasteiger partial charge in [-0.2, -0.15) is 0 Å². The van der Waals surface area contributed by atoms with Crippen LogP contribution >= 0.6 is 0 Å². The number of pyridine rings is 1. The third-order valence-corrected chi connectivity index (χ3v) is 5.40. The van der Waals surface area contributed by atoms with Crippen molar-refractivity contribution < 1.29 is 13.5 Å². The number of hydrogen-bond acceptors (Lipinski definition) is 5. The number of hydrogen-bond donors (Lipinski definition) is 1. The van der Waals surface area contributed by atoms with E-state index in [2.05, 4.69) is 10.1 Å². The van der Waals surface area contributed by atoms with Gasteiger partial charge in [0.1, 0.15) is 5.25 Å². The van der Waals surface area contributed by atoms with E-state index in [0.29, 0.717) is 18.5 Å². The van der Waals surface area contributed by atoms with E-state index in [-0.39, 0.29) is 17.3 Å². The van der Waals surface area contributed by atoms with Gasteiger partial charge in [-0.1, -0.05) is 6.42 Å². The second-order valence-corrected chi connectivity index (χ2v) is 6.79.